The van der Waals surface area contributed by atoms with E-state index in [1.54, 1.807) is 24.3 Å². The molecule has 4 rings (SSSR count). The Labute approximate surface area is 213 Å². The predicted octanol–water partition coefficient (Wildman–Crippen LogP) is 3.91. The second-order valence-corrected chi connectivity index (χ2v) is 12.4. The van der Waals surface area contributed by atoms with Crippen molar-refractivity contribution >= 4 is 44.0 Å². The highest BCUT2D eigenvalue weighted by Gasteiger charge is 2.30. The van der Waals surface area contributed by atoms with Gasteiger partial charge in [0, 0.05) is 60.5 Å². The standard InChI is InChI=1S/C26H36N6O3S/c1-18(2)32(26(3,4)5)23-8-7-11-27-24(23)30-12-14-31(15-13-30)25(33)22-17-19-16-20(29-36(6,34)35)9-10-21(19)28-22/h7-11,16-18,28-29H,12-15H2,1-6H3. The molecule has 2 aromatic heterocycles. The van der Waals surface area contributed by atoms with E-state index in [0.29, 0.717) is 43.6 Å². The minimum Gasteiger partial charge on any atom is -0.361 e. The van der Waals surface area contributed by atoms with Crippen LogP contribution in [-0.2, 0) is 10.0 Å². The number of carbonyl (C=O) groups excluding carboxylic acids is 1. The van der Waals surface area contributed by atoms with Gasteiger partial charge in [-0.05, 0) is 71.0 Å². The third-order valence-electron chi connectivity index (χ3n) is 6.29. The number of nitrogens with one attached hydrogen (secondary N) is 2. The van der Waals surface area contributed by atoms with E-state index in [9.17, 15) is 13.2 Å². The Bertz CT molecular complexity index is 1350. The van der Waals surface area contributed by atoms with Gasteiger partial charge in [-0.1, -0.05) is 0 Å². The molecule has 0 spiro atoms. The number of hydrogen-bond donors (Lipinski definition) is 2. The van der Waals surface area contributed by atoms with Gasteiger partial charge in [-0.25, -0.2) is 13.4 Å². The molecule has 1 saturated heterocycles. The molecule has 0 unspecified atom stereocenters. The number of anilines is 3. The van der Waals surface area contributed by atoms with Crippen LogP contribution in [-0.4, -0.2) is 73.2 Å². The molecular formula is C26H36N6O3S. The van der Waals surface area contributed by atoms with Gasteiger partial charge in [-0.2, -0.15) is 0 Å². The van der Waals surface area contributed by atoms with E-state index in [-0.39, 0.29) is 11.4 Å². The Morgan fingerprint density at radius 3 is 2.42 bits per heavy atom. The first-order valence-electron chi connectivity index (χ1n) is 12.2. The van der Waals surface area contributed by atoms with Crippen LogP contribution in [0.25, 0.3) is 10.9 Å². The van der Waals surface area contributed by atoms with Gasteiger partial charge in [-0.3, -0.25) is 9.52 Å². The summed E-state index contributed by atoms with van der Waals surface area (Å²) in [4.78, 5) is 27.7. The van der Waals surface area contributed by atoms with Crippen molar-refractivity contribution in [3.63, 3.8) is 0 Å². The lowest BCUT2D eigenvalue weighted by atomic mass is 10.0. The Morgan fingerprint density at radius 1 is 1.11 bits per heavy atom. The van der Waals surface area contributed by atoms with Crippen LogP contribution in [0.4, 0.5) is 17.2 Å². The smallest absolute Gasteiger partial charge is 0.270 e. The van der Waals surface area contributed by atoms with Crippen LogP contribution in [0, 0.1) is 0 Å². The fourth-order valence-corrected chi connectivity index (χ4v) is 5.61. The number of benzene rings is 1. The van der Waals surface area contributed by atoms with Crippen LogP contribution < -0.4 is 14.5 Å². The van der Waals surface area contributed by atoms with Crippen LogP contribution in [0.15, 0.2) is 42.6 Å². The molecule has 0 radical (unpaired) electrons. The molecule has 2 N–H and O–H groups in total. The number of amides is 1. The van der Waals surface area contributed by atoms with Gasteiger partial charge in [0.25, 0.3) is 5.91 Å². The van der Waals surface area contributed by atoms with Crippen molar-refractivity contribution in [1.29, 1.82) is 0 Å². The minimum atomic E-state index is -3.37. The maximum atomic E-state index is 13.3. The largest absolute Gasteiger partial charge is 0.361 e. The highest BCUT2D eigenvalue weighted by molar-refractivity contribution is 7.92. The lowest BCUT2D eigenvalue weighted by Crippen LogP contribution is -2.51. The second kappa shape index (κ2) is 9.65. The van der Waals surface area contributed by atoms with E-state index in [1.807, 2.05) is 17.2 Å². The summed E-state index contributed by atoms with van der Waals surface area (Å²) in [5.41, 5.74) is 2.79. The molecule has 10 heteroatoms. The summed E-state index contributed by atoms with van der Waals surface area (Å²) in [5.74, 6) is 0.882. The molecule has 0 atom stereocenters. The highest BCUT2D eigenvalue weighted by Crippen LogP contribution is 2.34. The molecule has 1 aromatic carbocycles. The van der Waals surface area contributed by atoms with Crippen molar-refractivity contribution in [2.75, 3.05) is 47.0 Å². The number of sulfonamides is 1. The Morgan fingerprint density at radius 2 is 1.81 bits per heavy atom. The maximum absolute atomic E-state index is 13.3. The monoisotopic (exact) mass is 512 g/mol. The van der Waals surface area contributed by atoms with Gasteiger partial charge in [-0.15, -0.1) is 0 Å². The molecule has 0 aliphatic carbocycles. The van der Waals surface area contributed by atoms with Crippen LogP contribution in [0.2, 0.25) is 0 Å². The van der Waals surface area contributed by atoms with E-state index in [1.165, 1.54) is 0 Å². The van der Waals surface area contributed by atoms with Crippen molar-refractivity contribution in [3.05, 3.63) is 48.3 Å². The fraction of sp³-hybridized carbons (Fsp3) is 0.462. The van der Waals surface area contributed by atoms with Gasteiger partial charge < -0.3 is 19.7 Å². The topological polar surface area (TPSA) is 102 Å². The molecule has 1 fully saturated rings. The number of pyridine rings is 1. The van der Waals surface area contributed by atoms with Crippen molar-refractivity contribution in [2.24, 2.45) is 0 Å². The molecule has 36 heavy (non-hydrogen) atoms. The van der Waals surface area contributed by atoms with Crippen molar-refractivity contribution < 1.29 is 13.2 Å². The Kier molecular flexibility index (Phi) is 6.92. The number of piperazine rings is 1. The van der Waals surface area contributed by atoms with Gasteiger partial charge in [0.05, 0.1) is 11.9 Å². The predicted molar refractivity (Wildman–Crippen MR) is 146 cm³/mol. The first-order chi connectivity index (χ1) is 16.8. The lowest BCUT2D eigenvalue weighted by molar-refractivity contribution is 0.0741. The second-order valence-electron chi connectivity index (χ2n) is 10.6. The molecule has 1 aliphatic rings. The highest BCUT2D eigenvalue weighted by atomic mass is 32.2. The lowest BCUT2D eigenvalue weighted by Gasteiger charge is -2.44. The van der Waals surface area contributed by atoms with E-state index < -0.39 is 10.0 Å². The Hall–Kier alpha value is -3.27. The van der Waals surface area contributed by atoms with Crippen molar-refractivity contribution in [1.82, 2.24) is 14.9 Å². The summed E-state index contributed by atoms with van der Waals surface area (Å²) in [6, 6.07) is 11.4. The third-order valence-corrected chi connectivity index (χ3v) is 6.89. The number of H-pyrrole nitrogens is 1. The number of hydrogen-bond acceptors (Lipinski definition) is 6. The van der Waals surface area contributed by atoms with E-state index in [4.69, 9.17) is 4.98 Å². The summed E-state index contributed by atoms with van der Waals surface area (Å²) in [5, 5.41) is 0.778. The van der Waals surface area contributed by atoms with Crippen molar-refractivity contribution in [2.45, 2.75) is 46.2 Å². The molecule has 0 saturated carbocycles. The third kappa shape index (κ3) is 5.59. The van der Waals surface area contributed by atoms with Gasteiger partial charge in [0.2, 0.25) is 10.0 Å². The van der Waals surface area contributed by atoms with Crippen LogP contribution in [0.1, 0.15) is 45.1 Å². The maximum Gasteiger partial charge on any atom is 0.270 e. The van der Waals surface area contributed by atoms with Crippen LogP contribution in [0.3, 0.4) is 0 Å². The summed E-state index contributed by atoms with van der Waals surface area (Å²) < 4.78 is 25.5. The fourth-order valence-electron chi connectivity index (χ4n) is 5.05. The number of rotatable bonds is 6. The van der Waals surface area contributed by atoms with Crippen molar-refractivity contribution in [3.8, 4) is 0 Å². The van der Waals surface area contributed by atoms with Gasteiger partial charge in [0.1, 0.15) is 5.69 Å². The first kappa shape index (κ1) is 25.8. The van der Waals surface area contributed by atoms with E-state index >= 15 is 0 Å². The van der Waals surface area contributed by atoms with Gasteiger partial charge in [0.15, 0.2) is 5.82 Å². The van der Waals surface area contributed by atoms with Crippen LogP contribution in [0.5, 0.6) is 0 Å². The summed E-state index contributed by atoms with van der Waals surface area (Å²) >= 11 is 0. The Balaban J connectivity index is 1.49. The SMILES string of the molecule is CC(C)N(c1cccnc1N1CCN(C(=O)c2cc3cc(NS(C)(=O)=O)ccc3[nH]2)CC1)C(C)(C)C. The molecule has 194 valence electrons. The zero-order valence-corrected chi connectivity index (χ0v) is 22.7. The summed E-state index contributed by atoms with van der Waals surface area (Å²) in [6.07, 6.45) is 2.94. The van der Waals surface area contributed by atoms with E-state index in [2.05, 4.69) is 60.2 Å². The number of nitrogens with zero attached hydrogens (tertiary/aromatic N) is 4. The molecule has 9 nitrogen and oxygen atoms in total. The average Bonchev–Trinajstić information content (AvgIpc) is 3.20. The normalized spacial score (nSPS) is 15.0. The number of aromatic amines is 1. The zero-order valence-electron chi connectivity index (χ0n) is 21.9. The number of aromatic nitrogens is 2. The first-order valence-corrected chi connectivity index (χ1v) is 14.1. The van der Waals surface area contributed by atoms with E-state index in [0.717, 1.165) is 28.7 Å². The molecule has 3 heterocycles. The molecular weight excluding hydrogens is 476 g/mol. The minimum absolute atomic E-state index is 0.0595. The molecule has 0 bridgehead atoms. The average molecular weight is 513 g/mol. The van der Waals surface area contributed by atoms with Crippen LogP contribution >= 0.6 is 0 Å². The summed E-state index contributed by atoms with van der Waals surface area (Å²) in [7, 11) is -3.37. The quantitative estimate of drug-likeness (QED) is 0.519. The zero-order chi connectivity index (χ0) is 26.3. The molecule has 1 amide bonds. The van der Waals surface area contributed by atoms with Gasteiger partial charge >= 0.3 is 0 Å². The molecule has 1 aliphatic heterocycles. The summed E-state index contributed by atoms with van der Waals surface area (Å²) in [6.45, 7) is 13.6. The number of fused-ring (bicyclic) bond motifs is 1. The number of carbonyl (C=O) groups is 1. The molecule has 3 aromatic rings.